The van der Waals surface area contributed by atoms with Crippen molar-refractivity contribution in [3.63, 3.8) is 0 Å². The Bertz CT molecular complexity index is 481. The van der Waals surface area contributed by atoms with Crippen LogP contribution >= 0.6 is 0 Å². The summed E-state index contributed by atoms with van der Waals surface area (Å²) >= 11 is 0. The normalized spacial score (nSPS) is 10.1. The van der Waals surface area contributed by atoms with Gasteiger partial charge in [0.25, 0.3) is 0 Å². The third-order valence-corrected chi connectivity index (χ3v) is 1.83. The molecular weight excluding hydrogens is 208 g/mol. The molecule has 2 rings (SSSR count). The molecule has 0 aromatic carbocycles. The van der Waals surface area contributed by atoms with Gasteiger partial charge in [-0.1, -0.05) is 0 Å². The zero-order valence-electron chi connectivity index (χ0n) is 8.67. The SMILES string of the molecule is Cc1nc(CC(=O)Nc2ncccn2)co1. The quantitative estimate of drug-likeness (QED) is 0.829. The van der Waals surface area contributed by atoms with Gasteiger partial charge in [0.2, 0.25) is 11.9 Å². The van der Waals surface area contributed by atoms with Gasteiger partial charge in [-0.2, -0.15) is 0 Å². The highest BCUT2D eigenvalue weighted by atomic mass is 16.3. The third kappa shape index (κ3) is 2.63. The number of aryl methyl sites for hydroxylation is 1. The van der Waals surface area contributed by atoms with Gasteiger partial charge in [0.05, 0.1) is 12.1 Å². The average molecular weight is 218 g/mol. The Labute approximate surface area is 91.7 Å². The first-order valence-corrected chi connectivity index (χ1v) is 4.72. The van der Waals surface area contributed by atoms with Crippen molar-refractivity contribution < 1.29 is 9.21 Å². The Kier molecular flexibility index (Phi) is 2.90. The van der Waals surface area contributed by atoms with Crippen LogP contribution in [-0.4, -0.2) is 20.9 Å². The van der Waals surface area contributed by atoms with Crippen molar-refractivity contribution in [2.75, 3.05) is 5.32 Å². The van der Waals surface area contributed by atoms with E-state index in [9.17, 15) is 4.79 Å². The van der Waals surface area contributed by atoms with E-state index in [0.29, 0.717) is 11.6 Å². The predicted octanol–water partition coefficient (Wildman–Crippen LogP) is 0.954. The van der Waals surface area contributed by atoms with Gasteiger partial charge >= 0.3 is 0 Å². The van der Waals surface area contributed by atoms with E-state index in [1.54, 1.807) is 25.4 Å². The fourth-order valence-corrected chi connectivity index (χ4v) is 1.19. The van der Waals surface area contributed by atoms with Gasteiger partial charge in [0, 0.05) is 19.3 Å². The maximum atomic E-state index is 11.5. The van der Waals surface area contributed by atoms with Crippen molar-refractivity contribution in [1.82, 2.24) is 15.0 Å². The Balaban J connectivity index is 1.95. The lowest BCUT2D eigenvalue weighted by atomic mass is 10.3. The molecule has 0 aliphatic heterocycles. The van der Waals surface area contributed by atoms with Gasteiger partial charge < -0.3 is 4.42 Å². The van der Waals surface area contributed by atoms with Gasteiger partial charge in [0.1, 0.15) is 6.26 Å². The molecule has 0 aliphatic rings. The molecule has 0 atom stereocenters. The van der Waals surface area contributed by atoms with E-state index in [1.165, 1.54) is 6.26 Å². The molecular formula is C10H10N4O2. The van der Waals surface area contributed by atoms with Gasteiger partial charge in [-0.25, -0.2) is 15.0 Å². The number of nitrogens with one attached hydrogen (secondary N) is 1. The third-order valence-electron chi connectivity index (χ3n) is 1.83. The number of hydrogen-bond donors (Lipinski definition) is 1. The lowest BCUT2D eigenvalue weighted by Crippen LogP contribution is -2.16. The molecule has 2 aromatic rings. The number of amides is 1. The second-order valence-electron chi connectivity index (χ2n) is 3.16. The van der Waals surface area contributed by atoms with E-state index in [-0.39, 0.29) is 18.3 Å². The van der Waals surface area contributed by atoms with Crippen LogP contribution in [-0.2, 0) is 11.2 Å². The average Bonchev–Trinajstić information content (AvgIpc) is 2.65. The van der Waals surface area contributed by atoms with E-state index in [2.05, 4.69) is 20.3 Å². The summed E-state index contributed by atoms with van der Waals surface area (Å²) in [5.41, 5.74) is 0.589. The summed E-state index contributed by atoms with van der Waals surface area (Å²) in [6.45, 7) is 1.72. The molecule has 6 heteroatoms. The summed E-state index contributed by atoms with van der Waals surface area (Å²) in [6, 6.07) is 1.68. The van der Waals surface area contributed by atoms with Gasteiger partial charge in [-0.05, 0) is 6.07 Å². The molecule has 0 bridgehead atoms. The fourth-order valence-electron chi connectivity index (χ4n) is 1.19. The molecule has 0 aliphatic carbocycles. The second-order valence-corrected chi connectivity index (χ2v) is 3.16. The van der Waals surface area contributed by atoms with Crippen LogP contribution in [0.2, 0.25) is 0 Å². The number of carbonyl (C=O) groups is 1. The highest BCUT2D eigenvalue weighted by molar-refractivity contribution is 5.90. The molecule has 1 N–H and O–H groups in total. The lowest BCUT2D eigenvalue weighted by molar-refractivity contribution is -0.115. The number of hydrogen-bond acceptors (Lipinski definition) is 5. The van der Waals surface area contributed by atoms with Gasteiger partial charge in [-0.3, -0.25) is 10.1 Å². The molecule has 0 saturated heterocycles. The molecule has 0 fully saturated rings. The van der Waals surface area contributed by atoms with Crippen LogP contribution in [0.1, 0.15) is 11.6 Å². The number of aromatic nitrogens is 3. The number of carbonyl (C=O) groups excluding carboxylic acids is 1. The second kappa shape index (κ2) is 4.52. The smallest absolute Gasteiger partial charge is 0.232 e. The Hall–Kier alpha value is -2.24. The van der Waals surface area contributed by atoms with Crippen molar-refractivity contribution in [1.29, 1.82) is 0 Å². The maximum absolute atomic E-state index is 11.5. The molecule has 2 aromatic heterocycles. The molecule has 0 saturated carbocycles. The van der Waals surface area contributed by atoms with E-state index in [0.717, 1.165) is 0 Å². The minimum atomic E-state index is -0.223. The largest absolute Gasteiger partial charge is 0.449 e. The van der Waals surface area contributed by atoms with Gasteiger partial charge in [-0.15, -0.1) is 0 Å². The van der Waals surface area contributed by atoms with Gasteiger partial charge in [0.15, 0.2) is 5.89 Å². The highest BCUT2D eigenvalue weighted by Gasteiger charge is 2.08. The molecule has 16 heavy (non-hydrogen) atoms. The van der Waals surface area contributed by atoms with Crippen LogP contribution in [0.5, 0.6) is 0 Å². The van der Waals surface area contributed by atoms with Crippen molar-refractivity contribution in [3.05, 3.63) is 36.3 Å². The Morgan fingerprint density at radius 2 is 2.19 bits per heavy atom. The van der Waals surface area contributed by atoms with Crippen molar-refractivity contribution in [2.45, 2.75) is 13.3 Å². The minimum Gasteiger partial charge on any atom is -0.449 e. The topological polar surface area (TPSA) is 80.9 Å². The first-order chi connectivity index (χ1) is 7.74. The molecule has 0 unspecified atom stereocenters. The number of oxazole rings is 1. The number of anilines is 1. The zero-order valence-corrected chi connectivity index (χ0v) is 8.67. The minimum absolute atomic E-state index is 0.148. The van der Waals surface area contributed by atoms with Crippen LogP contribution in [0.15, 0.2) is 29.1 Å². The lowest BCUT2D eigenvalue weighted by Gasteiger charge is -2.00. The summed E-state index contributed by atoms with van der Waals surface area (Å²) in [7, 11) is 0. The van der Waals surface area contributed by atoms with Crippen molar-refractivity contribution >= 4 is 11.9 Å². The summed E-state index contributed by atoms with van der Waals surface area (Å²) in [4.78, 5) is 23.3. The monoisotopic (exact) mass is 218 g/mol. The Morgan fingerprint density at radius 3 is 2.81 bits per heavy atom. The summed E-state index contributed by atoms with van der Waals surface area (Å²) in [5, 5.41) is 2.56. The zero-order chi connectivity index (χ0) is 11.4. The highest BCUT2D eigenvalue weighted by Crippen LogP contribution is 2.02. The fraction of sp³-hybridized carbons (Fsp3) is 0.200. The maximum Gasteiger partial charge on any atom is 0.232 e. The summed E-state index contributed by atoms with van der Waals surface area (Å²) < 4.78 is 4.99. The predicted molar refractivity (Wildman–Crippen MR) is 55.6 cm³/mol. The molecule has 82 valence electrons. The van der Waals surface area contributed by atoms with Crippen LogP contribution in [0.25, 0.3) is 0 Å². The first-order valence-electron chi connectivity index (χ1n) is 4.72. The van der Waals surface area contributed by atoms with Crippen LogP contribution < -0.4 is 5.32 Å². The van der Waals surface area contributed by atoms with Crippen LogP contribution in [0.3, 0.4) is 0 Å². The summed E-state index contributed by atoms with van der Waals surface area (Å²) in [5.74, 6) is 0.603. The Morgan fingerprint density at radius 1 is 1.44 bits per heavy atom. The molecule has 1 amide bonds. The molecule has 0 spiro atoms. The molecule has 6 nitrogen and oxygen atoms in total. The number of rotatable bonds is 3. The summed E-state index contributed by atoms with van der Waals surface area (Å²) in [6.07, 6.45) is 4.72. The standard InChI is InChI=1S/C10H10N4O2/c1-7-13-8(6-16-7)5-9(15)14-10-11-3-2-4-12-10/h2-4,6H,5H2,1H3,(H,11,12,14,15). The van der Waals surface area contributed by atoms with E-state index >= 15 is 0 Å². The number of nitrogens with zero attached hydrogens (tertiary/aromatic N) is 3. The van der Waals surface area contributed by atoms with Crippen LogP contribution in [0, 0.1) is 6.92 Å². The van der Waals surface area contributed by atoms with E-state index in [4.69, 9.17) is 4.42 Å². The first kappa shape index (κ1) is 10.3. The molecule has 0 radical (unpaired) electrons. The van der Waals surface area contributed by atoms with Crippen molar-refractivity contribution in [3.8, 4) is 0 Å². The van der Waals surface area contributed by atoms with E-state index < -0.39 is 0 Å². The molecule has 2 heterocycles. The van der Waals surface area contributed by atoms with Crippen LogP contribution in [0.4, 0.5) is 5.95 Å². The van der Waals surface area contributed by atoms with Crippen molar-refractivity contribution in [2.24, 2.45) is 0 Å². The van der Waals surface area contributed by atoms with E-state index in [1.807, 2.05) is 0 Å².